The van der Waals surface area contributed by atoms with Gasteiger partial charge in [0.25, 0.3) is 0 Å². The molecule has 5 aromatic rings. The molecule has 1 aromatic carbocycles. The fourth-order valence-electron chi connectivity index (χ4n) is 2.99. The highest BCUT2D eigenvalue weighted by Gasteiger charge is 2.09. The Morgan fingerprint density at radius 2 is 1.96 bits per heavy atom. The van der Waals surface area contributed by atoms with E-state index in [4.69, 9.17) is 0 Å². The average molecular weight is 341 g/mol. The minimum Gasteiger partial charge on any atom is -0.307 e. The molecule has 4 heterocycles. The van der Waals surface area contributed by atoms with Crippen molar-refractivity contribution in [1.29, 1.82) is 0 Å². The number of aromatic nitrogens is 6. The van der Waals surface area contributed by atoms with Crippen molar-refractivity contribution < 1.29 is 0 Å². The molecule has 26 heavy (non-hydrogen) atoms. The van der Waals surface area contributed by atoms with Gasteiger partial charge < -0.3 is 9.88 Å². The lowest BCUT2D eigenvalue weighted by atomic mass is 10.2. The van der Waals surface area contributed by atoms with Crippen molar-refractivity contribution >= 4 is 28.3 Å². The van der Waals surface area contributed by atoms with E-state index in [0.717, 1.165) is 27.8 Å². The summed E-state index contributed by atoms with van der Waals surface area (Å²) >= 11 is 0. The van der Waals surface area contributed by atoms with Crippen LogP contribution in [0.25, 0.3) is 22.2 Å². The number of anilines is 2. The Kier molecular flexibility index (Phi) is 3.18. The summed E-state index contributed by atoms with van der Waals surface area (Å²) in [5.74, 6) is 1.22. The molecule has 1 N–H and O–H groups in total. The molecule has 0 unspecified atom stereocenters. The largest absolute Gasteiger partial charge is 0.307 e. The second kappa shape index (κ2) is 5.66. The van der Waals surface area contributed by atoms with Crippen LogP contribution in [0.15, 0.2) is 67.4 Å². The number of imidazole rings is 1. The van der Waals surface area contributed by atoms with Gasteiger partial charge in [0.15, 0.2) is 5.65 Å². The maximum Gasteiger partial charge on any atom is 0.248 e. The molecule has 7 nitrogen and oxygen atoms in total. The molecule has 5 rings (SSSR count). The molecule has 4 aromatic heterocycles. The Hall–Kier alpha value is -3.74. The van der Waals surface area contributed by atoms with Crippen LogP contribution in [0, 0.1) is 6.92 Å². The van der Waals surface area contributed by atoms with Crippen molar-refractivity contribution in [3.05, 3.63) is 72.9 Å². The Morgan fingerprint density at radius 1 is 1.04 bits per heavy atom. The fraction of sp³-hybridized carbons (Fsp3) is 0.0526. The number of hydrogen-bond donors (Lipinski definition) is 1. The first-order chi connectivity index (χ1) is 12.8. The molecule has 0 fully saturated rings. The van der Waals surface area contributed by atoms with Crippen LogP contribution in [0.2, 0.25) is 0 Å². The van der Waals surface area contributed by atoms with Gasteiger partial charge in [-0.2, -0.15) is 4.98 Å². The van der Waals surface area contributed by atoms with E-state index in [1.165, 1.54) is 0 Å². The average Bonchev–Trinajstić information content (AvgIpc) is 3.30. The Bertz CT molecular complexity index is 1220. The monoisotopic (exact) mass is 341 g/mol. The zero-order chi connectivity index (χ0) is 17.5. The normalized spacial score (nSPS) is 11.3. The van der Waals surface area contributed by atoms with Gasteiger partial charge in [0.2, 0.25) is 5.95 Å². The molecule has 0 aliphatic carbocycles. The number of hydrogen-bond acceptors (Lipinski definition) is 5. The molecular weight excluding hydrogens is 326 g/mol. The molecule has 0 aliphatic heterocycles. The standard InChI is InChI=1S/C19H15N7/c1-13-10-18-23-19(24-26(18)11-16(13)25-9-8-20-12-25)22-17-7-6-14-4-2-3-5-15(14)21-17/h2-12H,1H3,(H,21,22,24). The molecule has 0 atom stereocenters. The minimum atomic E-state index is 0.509. The van der Waals surface area contributed by atoms with Gasteiger partial charge in [-0.05, 0) is 36.8 Å². The topological polar surface area (TPSA) is 72.9 Å². The second-order valence-electron chi connectivity index (χ2n) is 6.06. The highest BCUT2D eigenvalue weighted by molar-refractivity contribution is 5.80. The summed E-state index contributed by atoms with van der Waals surface area (Å²) in [5.41, 5.74) is 3.81. The maximum absolute atomic E-state index is 4.60. The van der Waals surface area contributed by atoms with E-state index in [1.807, 2.05) is 66.3 Å². The van der Waals surface area contributed by atoms with Gasteiger partial charge >= 0.3 is 0 Å². The molecule has 0 saturated carbocycles. The smallest absolute Gasteiger partial charge is 0.248 e. The Morgan fingerprint density at radius 3 is 2.85 bits per heavy atom. The van der Waals surface area contributed by atoms with Crippen molar-refractivity contribution in [3.63, 3.8) is 0 Å². The lowest BCUT2D eigenvalue weighted by Gasteiger charge is -2.06. The summed E-state index contributed by atoms with van der Waals surface area (Å²) in [4.78, 5) is 13.3. The molecule has 7 heteroatoms. The molecule has 0 saturated heterocycles. The summed E-state index contributed by atoms with van der Waals surface area (Å²) in [6.07, 6.45) is 7.37. The molecule has 0 spiro atoms. The number of para-hydroxylation sites is 1. The van der Waals surface area contributed by atoms with Crippen molar-refractivity contribution in [2.45, 2.75) is 6.92 Å². The van der Waals surface area contributed by atoms with Gasteiger partial charge in [-0.3, -0.25) is 0 Å². The number of fused-ring (bicyclic) bond motifs is 2. The summed E-state index contributed by atoms with van der Waals surface area (Å²) in [6.45, 7) is 2.04. The zero-order valence-corrected chi connectivity index (χ0v) is 14.0. The summed E-state index contributed by atoms with van der Waals surface area (Å²) in [6, 6.07) is 14.0. The number of benzene rings is 1. The highest BCUT2D eigenvalue weighted by Crippen LogP contribution is 2.19. The van der Waals surface area contributed by atoms with Crippen molar-refractivity contribution in [2.24, 2.45) is 0 Å². The van der Waals surface area contributed by atoms with E-state index in [0.29, 0.717) is 11.8 Å². The molecule has 0 bridgehead atoms. The zero-order valence-electron chi connectivity index (χ0n) is 14.0. The van der Waals surface area contributed by atoms with Crippen molar-refractivity contribution in [2.75, 3.05) is 5.32 Å². The van der Waals surface area contributed by atoms with Crippen LogP contribution in [0.3, 0.4) is 0 Å². The van der Waals surface area contributed by atoms with Crippen molar-refractivity contribution in [3.8, 4) is 5.69 Å². The van der Waals surface area contributed by atoms with Crippen LogP contribution in [-0.2, 0) is 0 Å². The number of aryl methyl sites for hydroxylation is 1. The van der Waals surface area contributed by atoms with Gasteiger partial charge in [-0.15, -0.1) is 5.10 Å². The number of nitrogens with zero attached hydrogens (tertiary/aromatic N) is 6. The molecule has 126 valence electrons. The summed E-state index contributed by atoms with van der Waals surface area (Å²) in [5, 5.41) is 8.80. The maximum atomic E-state index is 4.60. The minimum absolute atomic E-state index is 0.509. The van der Waals surface area contributed by atoms with E-state index in [1.54, 1.807) is 17.0 Å². The van der Waals surface area contributed by atoms with Crippen molar-refractivity contribution in [1.82, 2.24) is 29.1 Å². The summed E-state index contributed by atoms with van der Waals surface area (Å²) < 4.78 is 3.71. The van der Waals surface area contributed by atoms with Gasteiger partial charge in [-0.25, -0.2) is 14.5 Å². The first-order valence-electron chi connectivity index (χ1n) is 8.24. The van der Waals surface area contributed by atoms with Crippen LogP contribution in [-0.4, -0.2) is 29.1 Å². The predicted molar refractivity (Wildman–Crippen MR) is 99.9 cm³/mol. The second-order valence-corrected chi connectivity index (χ2v) is 6.06. The third kappa shape index (κ3) is 2.46. The van der Waals surface area contributed by atoms with Crippen LogP contribution in [0.1, 0.15) is 5.56 Å². The molecule has 0 radical (unpaired) electrons. The Balaban J connectivity index is 1.52. The van der Waals surface area contributed by atoms with Crippen LogP contribution in [0.5, 0.6) is 0 Å². The van der Waals surface area contributed by atoms with E-state index in [-0.39, 0.29) is 0 Å². The van der Waals surface area contributed by atoms with Crippen LogP contribution >= 0.6 is 0 Å². The lowest BCUT2D eigenvalue weighted by Crippen LogP contribution is -1.99. The van der Waals surface area contributed by atoms with Crippen LogP contribution < -0.4 is 5.32 Å². The van der Waals surface area contributed by atoms with Crippen LogP contribution in [0.4, 0.5) is 11.8 Å². The first-order valence-corrected chi connectivity index (χ1v) is 8.24. The van der Waals surface area contributed by atoms with E-state index in [9.17, 15) is 0 Å². The third-order valence-corrected chi connectivity index (χ3v) is 4.27. The third-order valence-electron chi connectivity index (χ3n) is 4.27. The molecule has 0 aliphatic rings. The SMILES string of the molecule is Cc1cc2nc(Nc3ccc4ccccc4n3)nn2cc1-n1ccnc1. The first kappa shape index (κ1) is 14.6. The number of pyridine rings is 2. The van der Waals surface area contributed by atoms with E-state index < -0.39 is 0 Å². The number of nitrogens with one attached hydrogen (secondary N) is 1. The molecular formula is C19H15N7. The summed E-state index contributed by atoms with van der Waals surface area (Å²) in [7, 11) is 0. The quantitative estimate of drug-likeness (QED) is 0.543. The van der Waals surface area contributed by atoms with E-state index in [2.05, 4.69) is 25.4 Å². The van der Waals surface area contributed by atoms with Gasteiger partial charge in [-0.1, -0.05) is 18.2 Å². The lowest BCUT2D eigenvalue weighted by molar-refractivity contribution is 0.926. The van der Waals surface area contributed by atoms with Gasteiger partial charge in [0.05, 0.1) is 23.7 Å². The van der Waals surface area contributed by atoms with E-state index >= 15 is 0 Å². The van der Waals surface area contributed by atoms with Gasteiger partial charge in [0, 0.05) is 17.8 Å². The highest BCUT2D eigenvalue weighted by atomic mass is 15.4. The Labute approximate surface area is 149 Å². The van der Waals surface area contributed by atoms with Gasteiger partial charge in [0.1, 0.15) is 5.82 Å². The predicted octanol–water partition coefficient (Wildman–Crippen LogP) is 3.52. The molecule has 0 amide bonds. The fourth-order valence-corrected chi connectivity index (χ4v) is 2.99. The number of rotatable bonds is 3.